The molecule has 2 aromatic rings. The van der Waals surface area contributed by atoms with E-state index in [1.54, 1.807) is 11.3 Å². The van der Waals surface area contributed by atoms with Crippen molar-refractivity contribution in [1.82, 2.24) is 4.98 Å². The SMILES string of the molecule is Clc1csc(-c2ccc(C3CCC3)cc2)n1. The molecule has 0 unspecified atom stereocenters. The third kappa shape index (κ3) is 1.87. The summed E-state index contributed by atoms with van der Waals surface area (Å²) in [5, 5.41) is 3.46. The zero-order valence-corrected chi connectivity index (χ0v) is 10.4. The smallest absolute Gasteiger partial charge is 0.140 e. The molecule has 1 heterocycles. The van der Waals surface area contributed by atoms with E-state index in [2.05, 4.69) is 29.2 Å². The van der Waals surface area contributed by atoms with Crippen LogP contribution in [0.5, 0.6) is 0 Å². The molecule has 0 bridgehead atoms. The van der Waals surface area contributed by atoms with Crippen LogP contribution < -0.4 is 0 Å². The number of aromatic nitrogens is 1. The molecule has 0 saturated heterocycles. The summed E-state index contributed by atoms with van der Waals surface area (Å²) in [5.41, 5.74) is 2.64. The summed E-state index contributed by atoms with van der Waals surface area (Å²) < 4.78 is 0. The normalized spacial score (nSPS) is 16.1. The van der Waals surface area contributed by atoms with Gasteiger partial charge in [0.2, 0.25) is 0 Å². The molecular weight excluding hydrogens is 238 g/mol. The van der Waals surface area contributed by atoms with Crippen molar-refractivity contribution in [2.45, 2.75) is 25.2 Å². The zero-order valence-electron chi connectivity index (χ0n) is 8.82. The number of thiazole rings is 1. The molecule has 1 nitrogen and oxygen atoms in total. The van der Waals surface area contributed by atoms with Gasteiger partial charge in [0.15, 0.2) is 0 Å². The third-order valence-corrected chi connectivity index (χ3v) is 4.42. The van der Waals surface area contributed by atoms with Crippen molar-refractivity contribution in [2.24, 2.45) is 0 Å². The zero-order chi connectivity index (χ0) is 11.0. The van der Waals surface area contributed by atoms with E-state index in [-0.39, 0.29) is 0 Å². The summed E-state index contributed by atoms with van der Waals surface area (Å²) in [6.07, 6.45) is 4.08. The summed E-state index contributed by atoms with van der Waals surface area (Å²) in [7, 11) is 0. The Morgan fingerprint density at radius 3 is 2.44 bits per heavy atom. The van der Waals surface area contributed by atoms with Crippen LogP contribution in [0.2, 0.25) is 5.15 Å². The summed E-state index contributed by atoms with van der Waals surface area (Å²) in [6, 6.07) is 8.77. The van der Waals surface area contributed by atoms with Gasteiger partial charge in [0.1, 0.15) is 10.2 Å². The molecule has 0 amide bonds. The van der Waals surface area contributed by atoms with Gasteiger partial charge in [-0.1, -0.05) is 42.3 Å². The van der Waals surface area contributed by atoms with Gasteiger partial charge < -0.3 is 0 Å². The van der Waals surface area contributed by atoms with Crippen LogP contribution in [0.1, 0.15) is 30.7 Å². The molecule has 1 saturated carbocycles. The van der Waals surface area contributed by atoms with Gasteiger partial charge in [-0.05, 0) is 24.3 Å². The molecule has 1 aliphatic rings. The highest BCUT2D eigenvalue weighted by Crippen LogP contribution is 2.37. The van der Waals surface area contributed by atoms with Crippen LogP contribution in [-0.4, -0.2) is 4.98 Å². The molecule has 1 fully saturated rings. The molecule has 1 aromatic carbocycles. The van der Waals surface area contributed by atoms with E-state index in [0.29, 0.717) is 5.15 Å². The van der Waals surface area contributed by atoms with E-state index in [0.717, 1.165) is 10.9 Å². The van der Waals surface area contributed by atoms with Crippen LogP contribution in [-0.2, 0) is 0 Å². The van der Waals surface area contributed by atoms with E-state index < -0.39 is 0 Å². The van der Waals surface area contributed by atoms with E-state index in [1.165, 1.54) is 30.4 Å². The first-order valence-electron chi connectivity index (χ1n) is 5.54. The highest BCUT2D eigenvalue weighted by Gasteiger charge is 2.19. The van der Waals surface area contributed by atoms with Crippen LogP contribution in [0.3, 0.4) is 0 Å². The molecule has 16 heavy (non-hydrogen) atoms. The standard InChI is InChI=1S/C13H12ClNS/c14-12-8-16-13(15-12)11-6-4-10(5-7-11)9-2-1-3-9/h4-9H,1-3H2. The lowest BCUT2D eigenvalue weighted by Crippen LogP contribution is -2.08. The van der Waals surface area contributed by atoms with Crippen LogP contribution >= 0.6 is 22.9 Å². The lowest BCUT2D eigenvalue weighted by molar-refractivity contribution is 0.420. The molecule has 0 spiro atoms. The van der Waals surface area contributed by atoms with Crippen molar-refractivity contribution in [1.29, 1.82) is 0 Å². The Kier molecular flexibility index (Phi) is 2.70. The molecule has 1 aliphatic carbocycles. The van der Waals surface area contributed by atoms with E-state index in [9.17, 15) is 0 Å². The predicted octanol–water partition coefficient (Wildman–Crippen LogP) is 4.73. The first-order valence-corrected chi connectivity index (χ1v) is 6.80. The van der Waals surface area contributed by atoms with Crippen LogP contribution in [0.15, 0.2) is 29.6 Å². The molecule has 0 aliphatic heterocycles. The molecule has 0 atom stereocenters. The molecular formula is C13H12ClNS. The second kappa shape index (κ2) is 4.19. The average molecular weight is 250 g/mol. The van der Waals surface area contributed by atoms with Gasteiger partial charge in [-0.3, -0.25) is 0 Å². The Morgan fingerprint density at radius 1 is 1.19 bits per heavy atom. The first-order chi connectivity index (χ1) is 7.83. The number of hydrogen-bond donors (Lipinski definition) is 0. The topological polar surface area (TPSA) is 12.9 Å². The first kappa shape index (κ1) is 10.3. The Labute approximate surface area is 104 Å². The maximum absolute atomic E-state index is 5.82. The quantitative estimate of drug-likeness (QED) is 0.750. The van der Waals surface area contributed by atoms with E-state index in [1.807, 2.05) is 5.38 Å². The van der Waals surface area contributed by atoms with Crippen LogP contribution in [0.25, 0.3) is 10.6 Å². The minimum atomic E-state index is 0.586. The number of hydrogen-bond acceptors (Lipinski definition) is 2. The monoisotopic (exact) mass is 249 g/mol. The van der Waals surface area contributed by atoms with Crippen molar-refractivity contribution in [3.05, 3.63) is 40.4 Å². The Morgan fingerprint density at radius 2 is 1.94 bits per heavy atom. The second-order valence-corrected chi connectivity index (χ2v) is 5.47. The molecule has 3 heteroatoms. The molecule has 0 N–H and O–H groups in total. The number of rotatable bonds is 2. The Bertz CT molecular complexity index is 485. The van der Waals surface area contributed by atoms with Gasteiger partial charge in [-0.25, -0.2) is 4.98 Å². The minimum absolute atomic E-state index is 0.586. The van der Waals surface area contributed by atoms with Crippen molar-refractivity contribution in [3.8, 4) is 10.6 Å². The summed E-state index contributed by atoms with van der Waals surface area (Å²) in [4.78, 5) is 4.27. The fraction of sp³-hybridized carbons (Fsp3) is 0.308. The van der Waals surface area contributed by atoms with Gasteiger partial charge in [0.05, 0.1) is 0 Å². The predicted molar refractivity (Wildman–Crippen MR) is 69.2 cm³/mol. The maximum Gasteiger partial charge on any atom is 0.140 e. The van der Waals surface area contributed by atoms with Crippen LogP contribution in [0, 0.1) is 0 Å². The van der Waals surface area contributed by atoms with Crippen molar-refractivity contribution in [3.63, 3.8) is 0 Å². The molecule has 1 aromatic heterocycles. The largest absolute Gasteiger partial charge is 0.224 e. The fourth-order valence-electron chi connectivity index (χ4n) is 2.03. The second-order valence-electron chi connectivity index (χ2n) is 4.23. The number of halogens is 1. The van der Waals surface area contributed by atoms with Crippen molar-refractivity contribution < 1.29 is 0 Å². The van der Waals surface area contributed by atoms with Gasteiger partial charge in [0.25, 0.3) is 0 Å². The molecule has 0 radical (unpaired) electrons. The number of benzene rings is 1. The lowest BCUT2D eigenvalue weighted by Gasteiger charge is -2.25. The minimum Gasteiger partial charge on any atom is -0.224 e. The highest BCUT2D eigenvalue weighted by atomic mass is 35.5. The highest BCUT2D eigenvalue weighted by molar-refractivity contribution is 7.13. The summed E-state index contributed by atoms with van der Waals surface area (Å²) in [5.74, 6) is 0.800. The Hall–Kier alpha value is -0.860. The van der Waals surface area contributed by atoms with Gasteiger partial charge in [-0.2, -0.15) is 0 Å². The van der Waals surface area contributed by atoms with Gasteiger partial charge in [-0.15, -0.1) is 11.3 Å². The van der Waals surface area contributed by atoms with E-state index >= 15 is 0 Å². The molecule has 82 valence electrons. The van der Waals surface area contributed by atoms with Gasteiger partial charge in [0, 0.05) is 10.9 Å². The molecule has 3 rings (SSSR count). The average Bonchev–Trinajstić information content (AvgIpc) is 2.63. The van der Waals surface area contributed by atoms with Crippen LogP contribution in [0.4, 0.5) is 0 Å². The van der Waals surface area contributed by atoms with Crippen molar-refractivity contribution in [2.75, 3.05) is 0 Å². The summed E-state index contributed by atoms with van der Waals surface area (Å²) >= 11 is 7.42. The van der Waals surface area contributed by atoms with Gasteiger partial charge >= 0.3 is 0 Å². The summed E-state index contributed by atoms with van der Waals surface area (Å²) in [6.45, 7) is 0. The Balaban J connectivity index is 1.86. The lowest BCUT2D eigenvalue weighted by atomic mass is 9.80. The van der Waals surface area contributed by atoms with Crippen molar-refractivity contribution >= 4 is 22.9 Å². The fourth-order valence-corrected chi connectivity index (χ4v) is 2.98. The van der Waals surface area contributed by atoms with E-state index in [4.69, 9.17) is 11.6 Å². The number of nitrogens with zero attached hydrogens (tertiary/aromatic N) is 1. The maximum atomic E-state index is 5.82. The third-order valence-electron chi connectivity index (χ3n) is 3.21.